The van der Waals surface area contributed by atoms with E-state index in [1.807, 2.05) is 19.9 Å². The molecule has 1 aliphatic heterocycles. The van der Waals surface area contributed by atoms with Gasteiger partial charge in [0.25, 0.3) is 0 Å². The topological polar surface area (TPSA) is 80.8 Å². The van der Waals surface area contributed by atoms with Crippen LogP contribution < -0.4 is 0 Å². The molecule has 2 aromatic rings. The molecule has 0 aromatic heterocycles. The smallest absolute Gasteiger partial charge is 0.309 e. The van der Waals surface area contributed by atoms with Crippen LogP contribution in [-0.2, 0) is 19.6 Å². The van der Waals surface area contributed by atoms with Crippen molar-refractivity contribution in [2.75, 3.05) is 19.7 Å². The number of rotatable bonds is 6. The third-order valence-electron chi connectivity index (χ3n) is 5.34. The zero-order chi connectivity index (χ0) is 21.0. The molecular formula is C22H25NO5S. The summed E-state index contributed by atoms with van der Waals surface area (Å²) in [4.78, 5) is 24.6. The van der Waals surface area contributed by atoms with E-state index < -0.39 is 21.9 Å². The van der Waals surface area contributed by atoms with Crippen molar-refractivity contribution in [2.24, 2.45) is 5.92 Å². The van der Waals surface area contributed by atoms with Crippen LogP contribution in [0, 0.1) is 19.8 Å². The SMILES string of the molecule is Cc1ccc(S(=O)(=O)N2CCC(C(=O)OCC(=O)c3ccccc3)CC2)cc1C. The van der Waals surface area contributed by atoms with Crippen molar-refractivity contribution in [3.8, 4) is 0 Å². The Kier molecular flexibility index (Phi) is 6.49. The van der Waals surface area contributed by atoms with E-state index >= 15 is 0 Å². The van der Waals surface area contributed by atoms with Gasteiger partial charge in [-0.25, -0.2) is 8.42 Å². The third-order valence-corrected chi connectivity index (χ3v) is 7.24. The fraction of sp³-hybridized carbons (Fsp3) is 0.364. The molecule has 0 atom stereocenters. The van der Waals surface area contributed by atoms with Gasteiger partial charge in [0.2, 0.25) is 10.0 Å². The Morgan fingerprint density at radius 2 is 1.66 bits per heavy atom. The molecule has 0 unspecified atom stereocenters. The number of aryl methyl sites for hydroxylation is 2. The Hall–Kier alpha value is -2.51. The minimum absolute atomic E-state index is 0.252. The molecular weight excluding hydrogens is 390 g/mol. The van der Waals surface area contributed by atoms with Crippen molar-refractivity contribution in [3.05, 3.63) is 65.2 Å². The third kappa shape index (κ3) is 4.92. The van der Waals surface area contributed by atoms with E-state index in [-0.39, 0.29) is 30.4 Å². The Morgan fingerprint density at radius 3 is 2.28 bits per heavy atom. The van der Waals surface area contributed by atoms with E-state index in [4.69, 9.17) is 4.74 Å². The van der Waals surface area contributed by atoms with Gasteiger partial charge in [-0.1, -0.05) is 36.4 Å². The van der Waals surface area contributed by atoms with E-state index in [9.17, 15) is 18.0 Å². The van der Waals surface area contributed by atoms with Crippen LogP contribution in [0.2, 0.25) is 0 Å². The fourth-order valence-electron chi connectivity index (χ4n) is 3.32. The number of carbonyl (C=O) groups excluding carboxylic acids is 2. The number of benzene rings is 2. The second-order valence-electron chi connectivity index (χ2n) is 7.32. The Labute approximate surface area is 171 Å². The molecule has 0 radical (unpaired) electrons. The standard InChI is InChI=1S/C22H25NO5S/c1-16-8-9-20(14-17(16)2)29(26,27)23-12-10-19(11-13-23)22(25)28-15-21(24)18-6-4-3-5-7-18/h3-9,14,19H,10-13,15H2,1-2H3. The molecule has 0 N–H and O–H groups in total. The van der Waals surface area contributed by atoms with Crippen molar-refractivity contribution < 1.29 is 22.7 Å². The highest BCUT2D eigenvalue weighted by atomic mass is 32.2. The maximum absolute atomic E-state index is 12.9. The summed E-state index contributed by atoms with van der Waals surface area (Å²) in [6.45, 7) is 4.02. The average molecular weight is 416 g/mol. The fourth-order valence-corrected chi connectivity index (χ4v) is 4.87. The summed E-state index contributed by atoms with van der Waals surface area (Å²) in [6, 6.07) is 13.8. The van der Waals surface area contributed by atoms with Crippen LogP contribution in [0.1, 0.15) is 34.3 Å². The predicted molar refractivity (Wildman–Crippen MR) is 109 cm³/mol. The van der Waals surface area contributed by atoms with E-state index in [0.29, 0.717) is 18.4 Å². The minimum Gasteiger partial charge on any atom is -0.457 e. The number of carbonyl (C=O) groups is 2. The van der Waals surface area contributed by atoms with E-state index in [2.05, 4.69) is 0 Å². The van der Waals surface area contributed by atoms with Gasteiger partial charge >= 0.3 is 5.97 Å². The number of nitrogens with zero attached hydrogens (tertiary/aromatic N) is 1. The van der Waals surface area contributed by atoms with Gasteiger partial charge in [-0.05, 0) is 49.9 Å². The lowest BCUT2D eigenvalue weighted by Crippen LogP contribution is -2.40. The lowest BCUT2D eigenvalue weighted by Gasteiger charge is -2.30. The number of hydrogen-bond acceptors (Lipinski definition) is 5. The molecule has 0 saturated carbocycles. The second-order valence-corrected chi connectivity index (χ2v) is 9.26. The van der Waals surface area contributed by atoms with Crippen molar-refractivity contribution >= 4 is 21.8 Å². The lowest BCUT2D eigenvalue weighted by molar-refractivity contribution is -0.148. The van der Waals surface area contributed by atoms with Crippen LogP contribution in [-0.4, -0.2) is 44.2 Å². The van der Waals surface area contributed by atoms with Crippen molar-refractivity contribution in [3.63, 3.8) is 0 Å². The summed E-state index contributed by atoms with van der Waals surface area (Å²) >= 11 is 0. The molecule has 0 spiro atoms. The van der Waals surface area contributed by atoms with Crippen LogP contribution >= 0.6 is 0 Å². The maximum atomic E-state index is 12.9. The van der Waals surface area contributed by atoms with Gasteiger partial charge in [0.15, 0.2) is 12.4 Å². The average Bonchev–Trinajstić information content (AvgIpc) is 2.74. The van der Waals surface area contributed by atoms with Crippen molar-refractivity contribution in [1.29, 1.82) is 0 Å². The first-order valence-electron chi connectivity index (χ1n) is 9.61. The second kappa shape index (κ2) is 8.88. The van der Waals surface area contributed by atoms with E-state index in [1.54, 1.807) is 42.5 Å². The highest BCUT2D eigenvalue weighted by molar-refractivity contribution is 7.89. The zero-order valence-corrected chi connectivity index (χ0v) is 17.4. The highest BCUT2D eigenvalue weighted by Gasteiger charge is 2.33. The van der Waals surface area contributed by atoms with Gasteiger partial charge in [-0.3, -0.25) is 9.59 Å². The molecule has 154 valence electrons. The molecule has 1 saturated heterocycles. The van der Waals surface area contributed by atoms with Gasteiger partial charge in [0, 0.05) is 18.7 Å². The van der Waals surface area contributed by atoms with E-state index in [1.165, 1.54) is 4.31 Å². The van der Waals surface area contributed by atoms with Crippen LogP contribution in [0.15, 0.2) is 53.4 Å². The highest BCUT2D eigenvalue weighted by Crippen LogP contribution is 2.25. The molecule has 1 aliphatic rings. The Bertz CT molecular complexity index is 993. The first-order valence-corrected chi connectivity index (χ1v) is 11.1. The van der Waals surface area contributed by atoms with Crippen LogP contribution in [0.3, 0.4) is 0 Å². The number of piperidine rings is 1. The number of sulfonamides is 1. The van der Waals surface area contributed by atoms with Gasteiger partial charge in [0.1, 0.15) is 0 Å². The first kappa shape index (κ1) is 21.2. The summed E-state index contributed by atoms with van der Waals surface area (Å²) < 4.78 is 32.3. The van der Waals surface area contributed by atoms with Crippen LogP contribution in [0.5, 0.6) is 0 Å². The normalized spacial score (nSPS) is 15.8. The summed E-state index contributed by atoms with van der Waals surface area (Å²) in [7, 11) is -3.59. The zero-order valence-electron chi connectivity index (χ0n) is 16.6. The summed E-state index contributed by atoms with van der Waals surface area (Å²) in [6.07, 6.45) is 0.755. The van der Waals surface area contributed by atoms with Gasteiger partial charge in [-0.2, -0.15) is 4.31 Å². The first-order chi connectivity index (χ1) is 13.8. The van der Waals surface area contributed by atoms with Gasteiger partial charge < -0.3 is 4.74 Å². The number of Topliss-reactive ketones (excluding diaryl/α,β-unsaturated/α-hetero) is 1. The van der Waals surface area contributed by atoms with Gasteiger partial charge in [-0.15, -0.1) is 0 Å². The van der Waals surface area contributed by atoms with Crippen molar-refractivity contribution in [1.82, 2.24) is 4.31 Å². The minimum atomic E-state index is -3.59. The van der Waals surface area contributed by atoms with Crippen LogP contribution in [0.4, 0.5) is 0 Å². The number of ether oxygens (including phenoxy) is 1. The molecule has 1 heterocycles. The Morgan fingerprint density at radius 1 is 1.00 bits per heavy atom. The van der Waals surface area contributed by atoms with Crippen LogP contribution in [0.25, 0.3) is 0 Å². The lowest BCUT2D eigenvalue weighted by atomic mass is 9.98. The Balaban J connectivity index is 1.55. The summed E-state index contributed by atoms with van der Waals surface area (Å²) in [5, 5.41) is 0. The number of ketones is 1. The molecule has 0 aliphatic carbocycles. The molecule has 2 aromatic carbocycles. The monoisotopic (exact) mass is 415 g/mol. The largest absolute Gasteiger partial charge is 0.457 e. The van der Waals surface area contributed by atoms with E-state index in [0.717, 1.165) is 11.1 Å². The molecule has 0 bridgehead atoms. The molecule has 1 fully saturated rings. The molecule has 7 heteroatoms. The number of hydrogen-bond donors (Lipinski definition) is 0. The predicted octanol–water partition coefficient (Wildman–Crippen LogP) is 3.13. The summed E-state index contributed by atoms with van der Waals surface area (Å²) in [5.74, 6) is -1.10. The molecule has 0 amide bonds. The summed E-state index contributed by atoms with van der Waals surface area (Å²) in [5.41, 5.74) is 2.46. The molecule has 3 rings (SSSR count). The van der Waals surface area contributed by atoms with Crippen molar-refractivity contribution in [2.45, 2.75) is 31.6 Å². The quantitative estimate of drug-likeness (QED) is 0.535. The molecule has 6 nitrogen and oxygen atoms in total. The maximum Gasteiger partial charge on any atom is 0.309 e. The molecule has 29 heavy (non-hydrogen) atoms. The number of esters is 1. The van der Waals surface area contributed by atoms with Gasteiger partial charge in [0.05, 0.1) is 10.8 Å².